The largest absolute Gasteiger partial charge is 0.416 e. The van der Waals surface area contributed by atoms with E-state index in [1.807, 2.05) is 6.92 Å². The van der Waals surface area contributed by atoms with Crippen LogP contribution in [0, 0.1) is 5.92 Å². The van der Waals surface area contributed by atoms with E-state index in [1.54, 1.807) is 0 Å². The minimum atomic E-state index is -5.08. The highest BCUT2D eigenvalue weighted by molar-refractivity contribution is 7.12. The number of aromatic nitrogens is 5. The van der Waals surface area contributed by atoms with E-state index >= 15 is 0 Å². The van der Waals surface area contributed by atoms with Crippen LogP contribution in [-0.2, 0) is 51.5 Å². The van der Waals surface area contributed by atoms with E-state index in [0.717, 1.165) is 46.1 Å². The first-order chi connectivity index (χ1) is 20.5. The molecule has 2 aromatic carbocycles. The van der Waals surface area contributed by atoms with Crippen LogP contribution >= 0.6 is 11.3 Å². The Bertz CT molecular complexity index is 1600. The van der Waals surface area contributed by atoms with Crippen LogP contribution in [0.3, 0.4) is 0 Å². The quantitative estimate of drug-likeness (QED) is 0.172. The molecule has 0 atom stereocenters. The first-order valence-electron chi connectivity index (χ1n) is 13.5. The highest BCUT2D eigenvalue weighted by Gasteiger charge is 2.37. The lowest BCUT2D eigenvalue weighted by atomic mass is 9.98. The van der Waals surface area contributed by atoms with Crippen LogP contribution in [0.5, 0.6) is 0 Å². The summed E-state index contributed by atoms with van der Waals surface area (Å²) >= 11 is 1.47. The van der Waals surface area contributed by atoms with E-state index in [4.69, 9.17) is 4.98 Å². The maximum atomic E-state index is 13.8. The maximum absolute atomic E-state index is 13.8. The van der Waals surface area contributed by atoms with Gasteiger partial charge in [-0.1, -0.05) is 18.1 Å². The second-order valence-corrected chi connectivity index (χ2v) is 11.8. The summed E-state index contributed by atoms with van der Waals surface area (Å²) in [6, 6.07) is 4.25. The lowest BCUT2D eigenvalue weighted by Crippen LogP contribution is -2.25. The van der Waals surface area contributed by atoms with Gasteiger partial charge in [-0.05, 0) is 71.9 Å². The summed E-state index contributed by atoms with van der Waals surface area (Å²) in [4.78, 5) is 7.80. The molecule has 5 rings (SSSR count). The van der Waals surface area contributed by atoms with Crippen molar-refractivity contribution in [3.05, 3.63) is 74.1 Å². The van der Waals surface area contributed by atoms with Crippen molar-refractivity contribution in [2.75, 3.05) is 4.90 Å². The Balaban J connectivity index is 1.61. The molecule has 0 amide bonds. The van der Waals surface area contributed by atoms with E-state index in [9.17, 15) is 39.5 Å². The Morgan fingerprint density at radius 1 is 0.864 bits per heavy atom. The zero-order chi connectivity index (χ0) is 32.0. The summed E-state index contributed by atoms with van der Waals surface area (Å²) < 4.78 is 123. The molecule has 1 aliphatic carbocycles. The van der Waals surface area contributed by atoms with Gasteiger partial charge in [-0.25, -0.2) is 4.98 Å². The van der Waals surface area contributed by atoms with Crippen molar-refractivity contribution in [3.8, 4) is 11.3 Å². The Hall–Kier alpha value is -3.69. The second-order valence-electron chi connectivity index (χ2n) is 10.6. The lowest BCUT2D eigenvalue weighted by molar-refractivity contribution is -0.143. The highest BCUT2D eigenvalue weighted by Crippen LogP contribution is 2.40. The van der Waals surface area contributed by atoms with Crippen molar-refractivity contribution < 1.29 is 39.5 Å². The van der Waals surface area contributed by atoms with Crippen LogP contribution in [0.2, 0.25) is 0 Å². The van der Waals surface area contributed by atoms with E-state index < -0.39 is 53.9 Å². The summed E-state index contributed by atoms with van der Waals surface area (Å²) in [5.74, 6) is 0.309. The number of alkyl halides is 9. The molecule has 1 fully saturated rings. The van der Waals surface area contributed by atoms with Crippen LogP contribution < -0.4 is 4.90 Å². The van der Waals surface area contributed by atoms with Crippen LogP contribution in [0.4, 0.5) is 45.5 Å². The second kappa shape index (κ2) is 11.7. The Morgan fingerprint density at radius 2 is 1.50 bits per heavy atom. The molecular formula is C28H25F9N6S. The topological polar surface area (TPSA) is 59.7 Å². The van der Waals surface area contributed by atoms with Crippen molar-refractivity contribution in [2.45, 2.75) is 64.2 Å². The molecule has 0 radical (unpaired) electrons. The Morgan fingerprint density at radius 3 is 2.02 bits per heavy atom. The van der Waals surface area contributed by atoms with Crippen molar-refractivity contribution in [1.82, 2.24) is 25.2 Å². The molecule has 6 nitrogen and oxygen atoms in total. The average Bonchev–Trinajstić information content (AvgIpc) is 3.48. The minimum Gasteiger partial charge on any atom is -0.330 e. The van der Waals surface area contributed by atoms with Gasteiger partial charge < -0.3 is 4.90 Å². The third kappa shape index (κ3) is 7.33. The summed E-state index contributed by atoms with van der Waals surface area (Å²) in [7, 11) is 1.39. The van der Waals surface area contributed by atoms with Gasteiger partial charge in [0, 0.05) is 30.0 Å². The van der Waals surface area contributed by atoms with Crippen molar-refractivity contribution in [1.29, 1.82) is 0 Å². The van der Waals surface area contributed by atoms with Gasteiger partial charge in [-0.3, -0.25) is 0 Å². The predicted octanol–water partition coefficient (Wildman–Crippen LogP) is 8.11. The Labute approximate surface area is 249 Å². The predicted molar refractivity (Wildman–Crippen MR) is 143 cm³/mol. The average molecular weight is 649 g/mol. The highest BCUT2D eigenvalue weighted by atomic mass is 32.1. The molecule has 16 heteroatoms. The number of nitrogens with zero attached hydrogens (tertiary/aromatic N) is 6. The Kier molecular flexibility index (Phi) is 8.42. The van der Waals surface area contributed by atoms with Gasteiger partial charge in [0.1, 0.15) is 0 Å². The number of thiazole rings is 1. The lowest BCUT2D eigenvalue weighted by Gasteiger charge is -2.24. The third-order valence-corrected chi connectivity index (χ3v) is 8.30. The summed E-state index contributed by atoms with van der Waals surface area (Å²) in [6.45, 7) is 0.892. The van der Waals surface area contributed by atoms with E-state index in [1.165, 1.54) is 29.4 Å². The molecule has 4 aromatic rings. The molecule has 1 aliphatic rings. The number of hydrogen-bond acceptors (Lipinski definition) is 6. The molecule has 0 unspecified atom stereocenters. The number of hydrogen-bond donors (Lipinski definition) is 0. The molecule has 0 spiro atoms. The van der Waals surface area contributed by atoms with Gasteiger partial charge in [0.25, 0.3) is 5.95 Å². The molecule has 0 N–H and O–H groups in total. The third-order valence-electron chi connectivity index (χ3n) is 7.07. The number of benzene rings is 2. The van der Waals surface area contributed by atoms with Gasteiger partial charge in [0.2, 0.25) is 0 Å². The van der Waals surface area contributed by atoms with Gasteiger partial charge in [-0.2, -0.15) is 44.3 Å². The zero-order valence-corrected chi connectivity index (χ0v) is 24.1. The first-order valence-corrected chi connectivity index (χ1v) is 14.3. The fourth-order valence-electron chi connectivity index (χ4n) is 4.77. The number of anilines is 1. The van der Waals surface area contributed by atoms with Gasteiger partial charge >= 0.3 is 18.5 Å². The van der Waals surface area contributed by atoms with Gasteiger partial charge in [-0.15, -0.1) is 16.4 Å². The van der Waals surface area contributed by atoms with E-state index in [0.29, 0.717) is 35.7 Å². The first kappa shape index (κ1) is 31.7. The van der Waals surface area contributed by atoms with E-state index in [2.05, 4.69) is 15.4 Å². The van der Waals surface area contributed by atoms with Crippen molar-refractivity contribution in [3.63, 3.8) is 0 Å². The SMILES string of the molecule is CCc1sc(CC2CC2)nc1-c1ccc(C(F)(F)F)cc1CN(Cc1cc(C(F)(F)F)cc(C(F)(F)F)c1)c1nnn(C)n1. The van der Waals surface area contributed by atoms with Gasteiger partial charge in [0.15, 0.2) is 0 Å². The monoisotopic (exact) mass is 648 g/mol. The fraction of sp³-hybridized carbons (Fsp3) is 0.429. The van der Waals surface area contributed by atoms with Crippen LogP contribution in [0.25, 0.3) is 11.3 Å². The van der Waals surface area contributed by atoms with Crippen LogP contribution in [-0.4, -0.2) is 25.2 Å². The molecule has 1 saturated carbocycles. The van der Waals surface area contributed by atoms with E-state index in [-0.39, 0.29) is 17.6 Å². The van der Waals surface area contributed by atoms with Crippen LogP contribution in [0.1, 0.15) is 57.5 Å². The number of rotatable bonds is 9. The number of aryl methyl sites for hydroxylation is 2. The molecule has 44 heavy (non-hydrogen) atoms. The number of halogens is 9. The molecule has 2 aromatic heterocycles. The van der Waals surface area contributed by atoms with Gasteiger partial charge in [0.05, 0.1) is 34.4 Å². The molecule has 0 saturated heterocycles. The standard InChI is InChI=1S/C28H25F9N6S/c1-3-22-24(38-23(44-22)10-15-4-5-15)21-7-6-18(26(29,30)31)11-17(21)14-43(25-39-41-42(2)40-25)13-16-8-19(27(32,33)34)12-20(9-16)28(35,36)37/h6-9,11-12,15H,3-5,10,13-14H2,1-2H3. The minimum absolute atomic E-state index is 0.00701. The van der Waals surface area contributed by atoms with Crippen LogP contribution in [0.15, 0.2) is 36.4 Å². The summed E-state index contributed by atoms with van der Waals surface area (Å²) in [5.41, 5.74) is -3.48. The fourth-order valence-corrected chi connectivity index (χ4v) is 5.91. The van der Waals surface area contributed by atoms with Crippen molar-refractivity contribution in [2.24, 2.45) is 13.0 Å². The molecule has 2 heterocycles. The zero-order valence-electron chi connectivity index (χ0n) is 23.3. The normalized spacial score (nSPS) is 14.3. The summed E-state index contributed by atoms with van der Waals surface area (Å²) in [5, 5.41) is 12.4. The molecule has 0 bridgehead atoms. The molecular weight excluding hydrogens is 623 g/mol. The summed E-state index contributed by atoms with van der Waals surface area (Å²) in [6.07, 6.45) is -11.4. The smallest absolute Gasteiger partial charge is 0.330 e. The molecule has 0 aliphatic heterocycles. The van der Waals surface area contributed by atoms with Crippen molar-refractivity contribution >= 4 is 17.3 Å². The maximum Gasteiger partial charge on any atom is 0.416 e. The number of tetrazole rings is 1. The molecule has 236 valence electrons.